The van der Waals surface area contributed by atoms with Crippen LogP contribution in [0.3, 0.4) is 0 Å². The molecule has 17 heavy (non-hydrogen) atoms. The largest absolute Gasteiger partial charge is 0.334 e. The van der Waals surface area contributed by atoms with Crippen LogP contribution in [0, 0.1) is 11.3 Å². The first-order chi connectivity index (χ1) is 8.08. The number of nitrogens with one attached hydrogen (secondary N) is 1. The van der Waals surface area contributed by atoms with Gasteiger partial charge in [0.2, 0.25) is 0 Å². The van der Waals surface area contributed by atoms with Crippen LogP contribution in [0.25, 0.3) is 0 Å². The van der Waals surface area contributed by atoms with Gasteiger partial charge in [-0.25, -0.2) is 0 Å². The van der Waals surface area contributed by atoms with Crippen molar-refractivity contribution < 1.29 is 4.79 Å². The molecule has 0 aliphatic heterocycles. The molecular weight excluding hydrogens is 304 g/mol. The highest BCUT2D eigenvalue weighted by molar-refractivity contribution is 9.10. The van der Waals surface area contributed by atoms with E-state index in [1.165, 1.54) is 0 Å². The molecule has 0 spiro atoms. The number of amides is 1. The molecule has 0 bridgehead atoms. The Balaban J connectivity index is 2.21. The molecule has 1 aliphatic rings. The van der Waals surface area contributed by atoms with Gasteiger partial charge in [-0.2, -0.15) is 5.26 Å². The molecule has 0 radical (unpaired) electrons. The van der Waals surface area contributed by atoms with Crippen molar-refractivity contribution in [1.29, 1.82) is 5.26 Å². The van der Waals surface area contributed by atoms with Gasteiger partial charge in [0.25, 0.3) is 5.91 Å². The maximum Gasteiger partial charge on any atom is 0.254 e. The summed E-state index contributed by atoms with van der Waals surface area (Å²) >= 11 is 9.30. The summed E-state index contributed by atoms with van der Waals surface area (Å²) in [5.41, 5.74) is -0.300. The summed E-state index contributed by atoms with van der Waals surface area (Å²) in [4.78, 5) is 12.0. The SMILES string of the molecule is N#CC1(NC(=O)c2cccc(Br)c2Cl)CCC1. The van der Waals surface area contributed by atoms with Crippen molar-refractivity contribution in [2.75, 3.05) is 0 Å². The molecule has 1 fully saturated rings. The Bertz CT molecular complexity index is 506. The Labute approximate surface area is 113 Å². The molecule has 0 heterocycles. The quantitative estimate of drug-likeness (QED) is 0.911. The summed E-state index contributed by atoms with van der Waals surface area (Å²) in [5, 5.41) is 12.2. The minimum absolute atomic E-state index is 0.294. The lowest BCUT2D eigenvalue weighted by molar-refractivity contribution is 0.0881. The molecule has 5 heteroatoms. The Hall–Kier alpha value is -1.05. The van der Waals surface area contributed by atoms with E-state index in [-0.39, 0.29) is 5.91 Å². The van der Waals surface area contributed by atoms with Crippen LogP contribution in [0.1, 0.15) is 29.6 Å². The number of nitrogens with zero attached hydrogens (tertiary/aromatic N) is 1. The second-order valence-corrected chi connectivity index (χ2v) is 5.34. The minimum Gasteiger partial charge on any atom is -0.334 e. The van der Waals surface area contributed by atoms with E-state index in [1.807, 2.05) is 0 Å². The number of rotatable bonds is 2. The van der Waals surface area contributed by atoms with Crippen LogP contribution in [0.15, 0.2) is 22.7 Å². The van der Waals surface area contributed by atoms with E-state index in [9.17, 15) is 4.79 Å². The first-order valence-electron chi connectivity index (χ1n) is 5.26. The number of carbonyl (C=O) groups is 1. The smallest absolute Gasteiger partial charge is 0.254 e. The third-order valence-corrected chi connectivity index (χ3v) is 4.27. The number of benzene rings is 1. The van der Waals surface area contributed by atoms with E-state index in [2.05, 4.69) is 27.3 Å². The van der Waals surface area contributed by atoms with Gasteiger partial charge in [-0.1, -0.05) is 17.7 Å². The van der Waals surface area contributed by atoms with E-state index >= 15 is 0 Å². The lowest BCUT2D eigenvalue weighted by atomic mass is 9.78. The number of halogens is 2. The van der Waals surface area contributed by atoms with Crippen molar-refractivity contribution in [3.63, 3.8) is 0 Å². The Morgan fingerprint density at radius 2 is 2.24 bits per heavy atom. The van der Waals surface area contributed by atoms with Crippen LogP contribution in [-0.2, 0) is 0 Å². The third kappa shape index (κ3) is 2.31. The molecule has 1 amide bonds. The van der Waals surface area contributed by atoms with Crippen molar-refractivity contribution >= 4 is 33.4 Å². The van der Waals surface area contributed by atoms with Crippen molar-refractivity contribution in [3.05, 3.63) is 33.3 Å². The first-order valence-corrected chi connectivity index (χ1v) is 6.43. The van der Waals surface area contributed by atoms with Crippen LogP contribution in [0.4, 0.5) is 0 Å². The van der Waals surface area contributed by atoms with Crippen molar-refractivity contribution in [3.8, 4) is 6.07 Å². The third-order valence-electron chi connectivity index (χ3n) is 2.97. The second kappa shape index (κ2) is 4.67. The van der Waals surface area contributed by atoms with Crippen LogP contribution in [0.5, 0.6) is 0 Å². The van der Waals surface area contributed by atoms with E-state index in [0.717, 1.165) is 6.42 Å². The van der Waals surface area contributed by atoms with Gasteiger partial charge < -0.3 is 5.32 Å². The van der Waals surface area contributed by atoms with E-state index < -0.39 is 5.54 Å². The maximum atomic E-state index is 12.0. The van der Waals surface area contributed by atoms with Crippen molar-refractivity contribution in [2.24, 2.45) is 0 Å². The molecule has 88 valence electrons. The molecule has 0 unspecified atom stereocenters. The highest BCUT2D eigenvalue weighted by Crippen LogP contribution is 2.32. The van der Waals surface area contributed by atoms with Gasteiger partial charge in [0.1, 0.15) is 5.54 Å². The zero-order valence-electron chi connectivity index (χ0n) is 8.96. The molecule has 0 atom stereocenters. The van der Waals surface area contributed by atoms with Gasteiger partial charge in [0.05, 0.1) is 16.7 Å². The fourth-order valence-corrected chi connectivity index (χ4v) is 2.34. The molecule has 1 aromatic rings. The number of carbonyl (C=O) groups excluding carboxylic acids is 1. The summed E-state index contributed by atoms with van der Waals surface area (Å²) in [6.07, 6.45) is 2.39. The van der Waals surface area contributed by atoms with Gasteiger partial charge in [0, 0.05) is 4.47 Å². The summed E-state index contributed by atoms with van der Waals surface area (Å²) in [6, 6.07) is 7.32. The summed E-state index contributed by atoms with van der Waals surface area (Å²) in [5.74, 6) is -0.294. The van der Waals surface area contributed by atoms with Gasteiger partial charge in [-0.15, -0.1) is 0 Å². The fourth-order valence-electron chi connectivity index (χ4n) is 1.76. The van der Waals surface area contributed by atoms with Crippen molar-refractivity contribution in [1.82, 2.24) is 5.32 Å². The molecule has 1 aliphatic carbocycles. The van der Waals surface area contributed by atoms with E-state index in [1.54, 1.807) is 18.2 Å². The predicted octanol–water partition coefficient (Wildman–Crippen LogP) is 3.28. The molecule has 0 saturated heterocycles. The lowest BCUT2D eigenvalue weighted by Gasteiger charge is -2.35. The summed E-state index contributed by atoms with van der Waals surface area (Å²) < 4.78 is 0.673. The highest BCUT2D eigenvalue weighted by atomic mass is 79.9. The van der Waals surface area contributed by atoms with Gasteiger partial charge in [-0.05, 0) is 47.3 Å². The minimum atomic E-state index is -0.692. The Kier molecular flexibility index (Phi) is 3.41. The molecule has 1 N–H and O–H groups in total. The van der Waals surface area contributed by atoms with Crippen LogP contribution < -0.4 is 5.32 Å². The van der Waals surface area contributed by atoms with Gasteiger partial charge in [0.15, 0.2) is 0 Å². The van der Waals surface area contributed by atoms with E-state index in [0.29, 0.717) is 27.9 Å². The molecule has 0 aromatic heterocycles. The maximum absolute atomic E-state index is 12.0. The van der Waals surface area contributed by atoms with Gasteiger partial charge in [-0.3, -0.25) is 4.79 Å². The number of hydrogen-bond acceptors (Lipinski definition) is 2. The molecule has 3 nitrogen and oxygen atoms in total. The standard InChI is InChI=1S/C12H10BrClN2O/c13-9-4-1-3-8(10(9)14)11(17)16-12(7-15)5-2-6-12/h1,3-4H,2,5-6H2,(H,16,17). The number of hydrogen-bond donors (Lipinski definition) is 1. The average molecular weight is 314 g/mol. The summed E-state index contributed by atoms with van der Waals surface area (Å²) in [7, 11) is 0. The Morgan fingerprint density at radius 1 is 1.53 bits per heavy atom. The molecular formula is C12H10BrClN2O. The fraction of sp³-hybridized carbons (Fsp3) is 0.333. The average Bonchev–Trinajstić information content (AvgIpc) is 2.27. The van der Waals surface area contributed by atoms with Crippen molar-refractivity contribution in [2.45, 2.75) is 24.8 Å². The van der Waals surface area contributed by atoms with Gasteiger partial charge >= 0.3 is 0 Å². The summed E-state index contributed by atoms with van der Waals surface area (Å²) in [6.45, 7) is 0. The highest BCUT2D eigenvalue weighted by Gasteiger charge is 2.39. The predicted molar refractivity (Wildman–Crippen MR) is 68.8 cm³/mol. The first kappa shape index (κ1) is 12.4. The monoisotopic (exact) mass is 312 g/mol. The van der Waals surface area contributed by atoms with Crippen LogP contribution in [-0.4, -0.2) is 11.4 Å². The van der Waals surface area contributed by atoms with Crippen LogP contribution >= 0.6 is 27.5 Å². The Morgan fingerprint density at radius 3 is 2.76 bits per heavy atom. The number of nitriles is 1. The molecule has 2 rings (SSSR count). The van der Waals surface area contributed by atoms with E-state index in [4.69, 9.17) is 16.9 Å². The van der Waals surface area contributed by atoms with Crippen LogP contribution in [0.2, 0.25) is 5.02 Å². The second-order valence-electron chi connectivity index (χ2n) is 4.10. The zero-order chi connectivity index (χ0) is 12.5. The molecule has 1 aromatic carbocycles. The topological polar surface area (TPSA) is 52.9 Å². The lowest BCUT2D eigenvalue weighted by Crippen LogP contribution is -2.52. The normalized spacial score (nSPS) is 16.8. The molecule has 1 saturated carbocycles. The zero-order valence-corrected chi connectivity index (χ0v) is 11.3.